The number of halogens is 4. The lowest BCUT2D eigenvalue weighted by Gasteiger charge is -2.15. The second kappa shape index (κ2) is 9.08. The Labute approximate surface area is 180 Å². The maximum atomic E-state index is 13.6. The van der Waals surface area contributed by atoms with Gasteiger partial charge in [-0.15, -0.1) is 0 Å². The average Bonchev–Trinajstić information content (AvgIpc) is 3.14. The van der Waals surface area contributed by atoms with Crippen LogP contribution in [0.2, 0.25) is 0 Å². The van der Waals surface area contributed by atoms with Crippen molar-refractivity contribution in [2.45, 2.75) is 26.1 Å². The van der Waals surface area contributed by atoms with E-state index in [2.05, 4.69) is 16.0 Å². The van der Waals surface area contributed by atoms with Gasteiger partial charge in [0.2, 0.25) is 0 Å². The molecule has 1 unspecified atom stereocenters. The molecule has 2 aromatic carbocycles. The molecule has 0 spiro atoms. The van der Waals surface area contributed by atoms with E-state index in [9.17, 15) is 27.2 Å². The van der Waals surface area contributed by atoms with E-state index >= 15 is 0 Å². The fourth-order valence-corrected chi connectivity index (χ4v) is 2.78. The maximum Gasteiger partial charge on any atom is 0.416 e. The van der Waals surface area contributed by atoms with E-state index in [4.69, 9.17) is 4.74 Å². The molecule has 11 heteroatoms. The molecule has 1 atom stereocenters. The molecule has 1 aromatic heterocycles. The Morgan fingerprint density at radius 3 is 2.50 bits per heavy atom. The van der Waals surface area contributed by atoms with Gasteiger partial charge in [-0.05, 0) is 44.2 Å². The van der Waals surface area contributed by atoms with Gasteiger partial charge in [0.25, 0.3) is 11.8 Å². The highest BCUT2D eigenvalue weighted by atomic mass is 19.4. The Morgan fingerprint density at radius 1 is 1.09 bits per heavy atom. The smallest absolute Gasteiger partial charge is 0.416 e. The molecule has 0 aliphatic rings. The molecule has 2 amide bonds. The number of alkyl halides is 3. The number of carbonyl (C=O) groups is 2. The monoisotopic (exact) mass is 450 g/mol. The molecule has 0 bridgehead atoms. The van der Waals surface area contributed by atoms with Gasteiger partial charge < -0.3 is 4.74 Å². The van der Waals surface area contributed by atoms with E-state index < -0.39 is 35.5 Å². The Morgan fingerprint density at radius 2 is 1.81 bits per heavy atom. The van der Waals surface area contributed by atoms with E-state index in [1.807, 2.05) is 0 Å². The molecule has 0 saturated carbocycles. The highest BCUT2D eigenvalue weighted by Gasteiger charge is 2.30. The molecule has 2 N–H and O–H groups in total. The van der Waals surface area contributed by atoms with Crippen LogP contribution in [-0.4, -0.2) is 27.7 Å². The number of ether oxygens (including phenoxy) is 1. The van der Waals surface area contributed by atoms with Crippen molar-refractivity contribution in [1.29, 1.82) is 0 Å². The minimum absolute atomic E-state index is 0.0328. The van der Waals surface area contributed by atoms with Crippen LogP contribution in [0.25, 0.3) is 5.69 Å². The highest BCUT2D eigenvalue weighted by molar-refractivity contribution is 5.96. The number of aromatic nitrogens is 2. The minimum Gasteiger partial charge on any atom is -0.478 e. The Bertz CT molecular complexity index is 1140. The van der Waals surface area contributed by atoms with E-state index in [1.165, 1.54) is 54.9 Å². The third-order valence-corrected chi connectivity index (χ3v) is 4.48. The first-order valence-electron chi connectivity index (χ1n) is 9.31. The number of amides is 2. The zero-order valence-corrected chi connectivity index (χ0v) is 16.9. The van der Waals surface area contributed by atoms with Gasteiger partial charge in [-0.1, -0.05) is 18.2 Å². The summed E-state index contributed by atoms with van der Waals surface area (Å²) in [6, 6.07) is 10.0. The highest BCUT2D eigenvalue weighted by Crippen LogP contribution is 2.30. The number of para-hydroxylation sites is 1. The zero-order chi connectivity index (χ0) is 23.5. The number of nitrogens with one attached hydrogen (secondary N) is 2. The van der Waals surface area contributed by atoms with Crippen LogP contribution < -0.4 is 15.6 Å². The molecule has 168 valence electrons. The molecule has 0 radical (unpaired) electrons. The Hall–Kier alpha value is -3.89. The van der Waals surface area contributed by atoms with Gasteiger partial charge in [0, 0.05) is 0 Å². The molecule has 32 heavy (non-hydrogen) atoms. The molecule has 3 aromatic rings. The summed E-state index contributed by atoms with van der Waals surface area (Å²) >= 11 is 0. The largest absolute Gasteiger partial charge is 0.478 e. The zero-order valence-electron chi connectivity index (χ0n) is 16.9. The number of nitrogens with zero attached hydrogens (tertiary/aromatic N) is 2. The van der Waals surface area contributed by atoms with Gasteiger partial charge in [0.1, 0.15) is 0 Å². The molecule has 0 aliphatic carbocycles. The van der Waals surface area contributed by atoms with Crippen molar-refractivity contribution in [3.63, 3.8) is 0 Å². The van der Waals surface area contributed by atoms with Crippen molar-refractivity contribution in [3.05, 3.63) is 77.4 Å². The van der Waals surface area contributed by atoms with Crippen molar-refractivity contribution in [1.82, 2.24) is 20.6 Å². The lowest BCUT2D eigenvalue weighted by Crippen LogP contribution is -2.47. The summed E-state index contributed by atoms with van der Waals surface area (Å²) in [6.45, 7) is 2.86. The fraction of sp³-hybridized carbons (Fsp3) is 0.190. The van der Waals surface area contributed by atoms with Crippen LogP contribution in [0.5, 0.6) is 5.75 Å². The van der Waals surface area contributed by atoms with Gasteiger partial charge in [-0.25, -0.2) is 9.07 Å². The number of benzene rings is 2. The Balaban J connectivity index is 1.66. The molecule has 0 fully saturated rings. The quantitative estimate of drug-likeness (QED) is 0.460. The fourth-order valence-electron chi connectivity index (χ4n) is 2.78. The predicted molar refractivity (Wildman–Crippen MR) is 105 cm³/mol. The molecule has 0 saturated heterocycles. The van der Waals surface area contributed by atoms with Gasteiger partial charge in [0.05, 0.1) is 28.7 Å². The topological polar surface area (TPSA) is 85.2 Å². The van der Waals surface area contributed by atoms with Gasteiger partial charge >= 0.3 is 6.18 Å². The minimum atomic E-state index is -4.52. The van der Waals surface area contributed by atoms with E-state index in [0.717, 1.165) is 18.3 Å². The lowest BCUT2D eigenvalue weighted by molar-refractivity contribution is -0.137. The normalized spacial score (nSPS) is 12.2. The van der Waals surface area contributed by atoms with Crippen molar-refractivity contribution >= 4 is 11.8 Å². The second-order valence-electron chi connectivity index (χ2n) is 6.74. The summed E-state index contributed by atoms with van der Waals surface area (Å²) in [5.41, 5.74) is 3.88. The standard InChI is InChI=1S/C21H18F4N4O3/c1-12-16(11-26-29(12)15-7-5-6-14(10-15)21(23,24)25)20(31)28-27-19(30)13(2)32-18-9-4-3-8-17(18)22/h3-11,13H,1-2H3,(H,27,30)(H,28,31). The van der Waals surface area contributed by atoms with Gasteiger partial charge in [-0.3, -0.25) is 20.4 Å². The third-order valence-electron chi connectivity index (χ3n) is 4.48. The van der Waals surface area contributed by atoms with Crippen LogP contribution in [0.15, 0.2) is 54.7 Å². The van der Waals surface area contributed by atoms with Gasteiger partial charge in [0.15, 0.2) is 17.7 Å². The van der Waals surface area contributed by atoms with Crippen LogP contribution in [0.3, 0.4) is 0 Å². The van der Waals surface area contributed by atoms with Crippen molar-refractivity contribution in [2.75, 3.05) is 0 Å². The number of carbonyl (C=O) groups excluding carboxylic acids is 2. The summed E-state index contributed by atoms with van der Waals surface area (Å²) in [7, 11) is 0. The van der Waals surface area contributed by atoms with Crippen LogP contribution >= 0.6 is 0 Å². The van der Waals surface area contributed by atoms with E-state index in [1.54, 1.807) is 0 Å². The summed E-state index contributed by atoms with van der Waals surface area (Å²) < 4.78 is 58.9. The summed E-state index contributed by atoms with van der Waals surface area (Å²) in [5, 5.41) is 3.97. The molecular formula is C21H18F4N4O3. The van der Waals surface area contributed by atoms with Crippen LogP contribution in [0.1, 0.15) is 28.5 Å². The van der Waals surface area contributed by atoms with Crippen molar-refractivity contribution in [2.24, 2.45) is 0 Å². The second-order valence-corrected chi connectivity index (χ2v) is 6.74. The van der Waals surface area contributed by atoms with Crippen LogP contribution in [0.4, 0.5) is 17.6 Å². The molecule has 3 rings (SSSR count). The number of rotatable bonds is 5. The molecule has 0 aliphatic heterocycles. The summed E-state index contributed by atoms with van der Waals surface area (Å²) in [6.07, 6.45) is -4.49. The van der Waals surface area contributed by atoms with Crippen molar-refractivity contribution in [3.8, 4) is 11.4 Å². The third kappa shape index (κ3) is 5.05. The lowest BCUT2D eigenvalue weighted by atomic mass is 10.2. The molecule has 7 nitrogen and oxygen atoms in total. The van der Waals surface area contributed by atoms with E-state index in [-0.39, 0.29) is 22.7 Å². The maximum absolute atomic E-state index is 13.6. The molecular weight excluding hydrogens is 432 g/mol. The van der Waals surface area contributed by atoms with Crippen LogP contribution in [-0.2, 0) is 11.0 Å². The van der Waals surface area contributed by atoms with E-state index in [0.29, 0.717) is 0 Å². The van der Waals surface area contributed by atoms with Gasteiger partial charge in [-0.2, -0.15) is 18.3 Å². The number of hydrazine groups is 1. The van der Waals surface area contributed by atoms with Crippen LogP contribution in [0, 0.1) is 12.7 Å². The summed E-state index contributed by atoms with van der Waals surface area (Å²) in [4.78, 5) is 24.6. The number of hydrogen-bond acceptors (Lipinski definition) is 4. The first-order valence-corrected chi connectivity index (χ1v) is 9.31. The molecule has 1 heterocycles. The first-order chi connectivity index (χ1) is 15.1. The Kier molecular flexibility index (Phi) is 6.47. The summed E-state index contributed by atoms with van der Waals surface area (Å²) in [5.74, 6) is -2.26. The predicted octanol–water partition coefficient (Wildman–Crippen LogP) is 3.57. The SMILES string of the molecule is Cc1c(C(=O)NNC(=O)C(C)Oc2ccccc2F)cnn1-c1cccc(C(F)(F)F)c1. The van der Waals surface area contributed by atoms with Crippen molar-refractivity contribution < 1.29 is 31.9 Å². The average molecular weight is 450 g/mol. The number of hydrogen-bond donors (Lipinski definition) is 2. The first kappa shape index (κ1) is 22.8.